The molecule has 1 aromatic heterocycles. The summed E-state index contributed by atoms with van der Waals surface area (Å²) in [6.45, 7) is 1.50. The van der Waals surface area contributed by atoms with Crippen molar-refractivity contribution in [2.45, 2.75) is 37.9 Å². The third-order valence-electron chi connectivity index (χ3n) is 7.80. The van der Waals surface area contributed by atoms with Crippen LogP contribution in [0, 0.1) is 0 Å². The first kappa shape index (κ1) is 27.9. The Morgan fingerprint density at radius 2 is 1.62 bits per heavy atom. The summed E-state index contributed by atoms with van der Waals surface area (Å²) >= 11 is 0. The summed E-state index contributed by atoms with van der Waals surface area (Å²) in [5, 5.41) is 9.50. The fourth-order valence-electron chi connectivity index (χ4n) is 5.56. The maximum Gasteiger partial charge on any atom is 0.266 e. The van der Waals surface area contributed by atoms with Gasteiger partial charge in [0, 0.05) is 43.4 Å². The average molecular weight is 564 g/mol. The number of anilines is 1. The van der Waals surface area contributed by atoms with Crippen molar-refractivity contribution in [1.82, 2.24) is 9.88 Å². The molecular weight excluding hydrogens is 530 g/mol. The number of carbonyl (C=O) groups is 2. The van der Waals surface area contributed by atoms with Gasteiger partial charge >= 0.3 is 0 Å². The molecule has 4 aromatic rings. The summed E-state index contributed by atoms with van der Waals surface area (Å²) in [4.78, 5) is 34.2. The zero-order valence-corrected chi connectivity index (χ0v) is 23.4. The first-order chi connectivity index (χ1) is 20.5. The Morgan fingerprint density at radius 3 is 2.31 bits per heavy atom. The van der Waals surface area contributed by atoms with Crippen molar-refractivity contribution in [1.29, 1.82) is 0 Å². The maximum atomic E-state index is 13.1. The molecule has 2 aliphatic rings. The molecule has 0 spiro atoms. The summed E-state index contributed by atoms with van der Waals surface area (Å²) in [5.41, 5.74) is 4.88. The normalized spacial score (nSPS) is 20.3. The number of hydrogen-bond donors (Lipinski definition) is 1. The number of aliphatic hydroxyl groups excluding tert-OH is 1. The second kappa shape index (κ2) is 12.3. The molecule has 3 heterocycles. The molecule has 0 aliphatic carbocycles. The van der Waals surface area contributed by atoms with Crippen LogP contribution in [0.15, 0.2) is 97.2 Å². The molecule has 8 heteroatoms. The zero-order chi connectivity index (χ0) is 29.1. The first-order valence-electron chi connectivity index (χ1n) is 14.2. The largest absolute Gasteiger partial charge is 0.392 e. The fraction of sp³-hybridized carbons (Fsp3) is 0.265. The summed E-state index contributed by atoms with van der Waals surface area (Å²) in [7, 11) is 2.07. The molecule has 0 radical (unpaired) electrons. The number of imide groups is 1. The number of aromatic nitrogens is 1. The van der Waals surface area contributed by atoms with Crippen molar-refractivity contribution < 1.29 is 24.2 Å². The van der Waals surface area contributed by atoms with Gasteiger partial charge in [0.05, 0.1) is 35.6 Å². The number of likely N-dealkylation sites (N-methyl/N-ethyl adjacent to an activating group) is 1. The van der Waals surface area contributed by atoms with E-state index < -0.39 is 6.29 Å². The lowest BCUT2D eigenvalue weighted by molar-refractivity contribution is -0.252. The lowest BCUT2D eigenvalue weighted by Crippen LogP contribution is -2.38. The van der Waals surface area contributed by atoms with Gasteiger partial charge < -0.3 is 19.5 Å². The number of benzene rings is 3. The Morgan fingerprint density at radius 1 is 0.881 bits per heavy atom. The molecule has 3 aromatic carbocycles. The van der Waals surface area contributed by atoms with Crippen LogP contribution >= 0.6 is 0 Å². The lowest BCUT2D eigenvalue weighted by atomic mass is 9.99. The second-order valence-electron chi connectivity index (χ2n) is 10.8. The minimum Gasteiger partial charge on any atom is -0.392 e. The Kier molecular flexibility index (Phi) is 8.21. The van der Waals surface area contributed by atoms with E-state index >= 15 is 0 Å². The molecule has 6 rings (SSSR count). The number of amides is 2. The number of aliphatic hydroxyl groups is 1. The molecule has 2 aliphatic heterocycles. The quantitative estimate of drug-likeness (QED) is 0.284. The van der Waals surface area contributed by atoms with Crippen molar-refractivity contribution in [3.8, 4) is 0 Å². The third kappa shape index (κ3) is 5.89. The van der Waals surface area contributed by atoms with Crippen LogP contribution in [-0.2, 0) is 22.5 Å². The van der Waals surface area contributed by atoms with E-state index in [1.807, 2.05) is 60.8 Å². The number of fused-ring (bicyclic) bond motifs is 1. The van der Waals surface area contributed by atoms with E-state index in [2.05, 4.69) is 16.9 Å². The van der Waals surface area contributed by atoms with Gasteiger partial charge in [-0.25, -0.2) is 4.90 Å². The van der Waals surface area contributed by atoms with Crippen LogP contribution in [0.3, 0.4) is 0 Å². The summed E-state index contributed by atoms with van der Waals surface area (Å²) < 4.78 is 13.0. The van der Waals surface area contributed by atoms with Gasteiger partial charge in [0.25, 0.3) is 11.8 Å². The van der Waals surface area contributed by atoms with E-state index in [1.165, 1.54) is 4.90 Å². The van der Waals surface area contributed by atoms with Gasteiger partial charge in [-0.3, -0.25) is 14.6 Å². The SMILES string of the molecule is CN(CCc1ccccn1)C[C@@H]1C[C@H](c2ccc(CO)cc2)O[C@H](c2cccc(N3C(=O)c4ccccc4C3=O)c2)O1. The van der Waals surface area contributed by atoms with Gasteiger partial charge in [0.1, 0.15) is 0 Å². The van der Waals surface area contributed by atoms with E-state index in [4.69, 9.17) is 9.47 Å². The number of nitrogens with zero attached hydrogens (tertiary/aromatic N) is 3. The van der Waals surface area contributed by atoms with Gasteiger partial charge in [0.15, 0.2) is 6.29 Å². The zero-order valence-electron chi connectivity index (χ0n) is 23.4. The summed E-state index contributed by atoms with van der Waals surface area (Å²) in [5.74, 6) is -0.681. The van der Waals surface area contributed by atoms with Gasteiger partial charge in [-0.1, -0.05) is 54.6 Å². The summed E-state index contributed by atoms with van der Waals surface area (Å²) in [6.07, 6.45) is 2.21. The smallest absolute Gasteiger partial charge is 0.266 e. The molecule has 2 amide bonds. The van der Waals surface area contributed by atoms with Gasteiger partial charge in [-0.15, -0.1) is 0 Å². The summed E-state index contributed by atoms with van der Waals surface area (Å²) in [6, 6.07) is 27.8. The van der Waals surface area contributed by atoms with Crippen molar-refractivity contribution in [2.24, 2.45) is 0 Å². The molecule has 1 N–H and O–H groups in total. The Hall–Kier alpha value is -4.21. The topological polar surface area (TPSA) is 92.2 Å². The minimum absolute atomic E-state index is 0.0220. The lowest BCUT2D eigenvalue weighted by Gasteiger charge is -2.38. The molecule has 1 saturated heterocycles. The van der Waals surface area contributed by atoms with Crippen molar-refractivity contribution in [3.05, 3.63) is 131 Å². The predicted octanol–water partition coefficient (Wildman–Crippen LogP) is 5.09. The first-order valence-corrected chi connectivity index (χ1v) is 14.2. The standard InChI is InChI=1S/C34H33N3O5/c1-36(18-16-26-8-4-5-17-35-26)21-28-20-31(24-14-12-23(22-38)13-15-24)42-34(41-28)25-7-6-9-27(19-25)37-32(39)29-10-2-3-11-30(29)33(37)40/h2-15,17,19,28,31,34,38H,16,18,20-22H2,1H3/t28-,31+,34+/m0/s1. The van der Waals surface area contributed by atoms with Crippen molar-refractivity contribution in [3.63, 3.8) is 0 Å². The van der Waals surface area contributed by atoms with Crippen LogP contribution in [0.2, 0.25) is 0 Å². The van der Waals surface area contributed by atoms with Crippen molar-refractivity contribution in [2.75, 3.05) is 25.0 Å². The molecule has 3 atom stereocenters. The molecule has 214 valence electrons. The van der Waals surface area contributed by atoms with Crippen LogP contribution in [0.4, 0.5) is 5.69 Å². The Balaban J connectivity index is 1.23. The molecule has 0 unspecified atom stereocenters. The number of carbonyl (C=O) groups excluding carboxylic acids is 2. The number of rotatable bonds is 9. The molecule has 1 fully saturated rings. The highest BCUT2D eigenvalue weighted by molar-refractivity contribution is 6.34. The molecular formula is C34H33N3O5. The number of hydrogen-bond acceptors (Lipinski definition) is 7. The molecule has 42 heavy (non-hydrogen) atoms. The average Bonchev–Trinajstić information content (AvgIpc) is 3.29. The monoisotopic (exact) mass is 563 g/mol. The third-order valence-corrected chi connectivity index (χ3v) is 7.80. The van der Waals surface area contributed by atoms with Crippen LogP contribution in [0.5, 0.6) is 0 Å². The molecule has 0 bridgehead atoms. The maximum absolute atomic E-state index is 13.1. The van der Waals surface area contributed by atoms with E-state index in [0.717, 1.165) is 35.3 Å². The highest BCUT2D eigenvalue weighted by atomic mass is 16.7. The van der Waals surface area contributed by atoms with E-state index in [0.29, 0.717) is 29.8 Å². The van der Waals surface area contributed by atoms with E-state index in [-0.39, 0.29) is 30.6 Å². The number of pyridine rings is 1. The van der Waals surface area contributed by atoms with Crippen LogP contribution in [0.1, 0.15) is 61.9 Å². The fourth-order valence-corrected chi connectivity index (χ4v) is 5.56. The van der Waals surface area contributed by atoms with Crippen LogP contribution < -0.4 is 4.90 Å². The Labute approximate surface area is 245 Å². The highest BCUT2D eigenvalue weighted by Gasteiger charge is 2.37. The molecule has 0 saturated carbocycles. The minimum atomic E-state index is -0.703. The Bertz CT molecular complexity index is 1520. The highest BCUT2D eigenvalue weighted by Crippen LogP contribution is 2.39. The van der Waals surface area contributed by atoms with Gasteiger partial charge in [-0.05, 0) is 54.6 Å². The van der Waals surface area contributed by atoms with Gasteiger partial charge in [-0.2, -0.15) is 0 Å². The van der Waals surface area contributed by atoms with Gasteiger partial charge in [0.2, 0.25) is 0 Å². The van der Waals surface area contributed by atoms with Crippen LogP contribution in [-0.4, -0.2) is 53.0 Å². The molecule has 8 nitrogen and oxygen atoms in total. The van der Waals surface area contributed by atoms with Crippen molar-refractivity contribution >= 4 is 17.5 Å². The van der Waals surface area contributed by atoms with Crippen LogP contribution in [0.25, 0.3) is 0 Å². The van der Waals surface area contributed by atoms with E-state index in [1.54, 1.807) is 36.4 Å². The van der Waals surface area contributed by atoms with E-state index in [9.17, 15) is 14.7 Å². The number of ether oxygens (including phenoxy) is 2. The second-order valence-corrected chi connectivity index (χ2v) is 10.8. The predicted molar refractivity (Wildman–Crippen MR) is 158 cm³/mol.